The lowest BCUT2D eigenvalue weighted by atomic mass is 10.1. The molecule has 0 aliphatic carbocycles. The Kier molecular flexibility index (Phi) is 3.50. The molecule has 0 bridgehead atoms. The van der Waals surface area contributed by atoms with Gasteiger partial charge in [0.25, 0.3) is 0 Å². The number of nitrogens with one attached hydrogen (secondary N) is 1. The lowest BCUT2D eigenvalue weighted by Gasteiger charge is -2.18. The van der Waals surface area contributed by atoms with E-state index in [9.17, 15) is 0 Å². The largest absolute Gasteiger partial charge is 0.454 e. The molecule has 0 aromatic heterocycles. The molecule has 0 radical (unpaired) electrons. The van der Waals surface area contributed by atoms with E-state index in [2.05, 4.69) is 55.6 Å². The first-order valence-corrected chi connectivity index (χ1v) is 7.02. The van der Waals surface area contributed by atoms with Crippen molar-refractivity contribution in [2.75, 3.05) is 12.1 Å². The van der Waals surface area contributed by atoms with E-state index < -0.39 is 0 Å². The molecule has 3 nitrogen and oxygen atoms in total. The van der Waals surface area contributed by atoms with Crippen LogP contribution < -0.4 is 14.8 Å². The summed E-state index contributed by atoms with van der Waals surface area (Å²) < 4.78 is 10.8. The number of rotatable bonds is 4. The van der Waals surface area contributed by atoms with Crippen molar-refractivity contribution < 1.29 is 9.47 Å². The van der Waals surface area contributed by atoms with Gasteiger partial charge in [0.2, 0.25) is 6.79 Å². The predicted octanol–water partition coefficient (Wildman–Crippen LogP) is 4.15. The zero-order chi connectivity index (χ0) is 13.9. The van der Waals surface area contributed by atoms with E-state index in [1.165, 1.54) is 16.8 Å². The Bertz CT molecular complexity index is 610. The summed E-state index contributed by atoms with van der Waals surface area (Å²) in [4.78, 5) is 0. The molecule has 1 aliphatic rings. The van der Waals surface area contributed by atoms with Crippen molar-refractivity contribution in [3.8, 4) is 11.5 Å². The van der Waals surface area contributed by atoms with Crippen LogP contribution in [0.5, 0.6) is 11.5 Å². The molecule has 1 heterocycles. The number of fused-ring (bicyclic) bond motifs is 1. The Hall–Kier alpha value is -2.16. The standard InChI is InChI=1S/C17H19NO2/c1-3-13-6-4-5-7-15(13)18-12(2)14-8-9-16-17(10-14)20-11-19-16/h4-10,12,18H,3,11H2,1-2H3. The molecule has 1 unspecified atom stereocenters. The summed E-state index contributed by atoms with van der Waals surface area (Å²) in [5.74, 6) is 1.66. The van der Waals surface area contributed by atoms with Gasteiger partial charge in [-0.1, -0.05) is 31.2 Å². The van der Waals surface area contributed by atoms with Crippen LogP contribution in [0, 0.1) is 0 Å². The second-order valence-corrected chi connectivity index (χ2v) is 4.99. The average molecular weight is 269 g/mol. The van der Waals surface area contributed by atoms with Crippen molar-refractivity contribution in [2.45, 2.75) is 26.3 Å². The number of hydrogen-bond donors (Lipinski definition) is 1. The normalized spacial score (nSPS) is 14.1. The SMILES string of the molecule is CCc1ccccc1NC(C)c1ccc2c(c1)OCO2. The molecule has 0 saturated heterocycles. The highest BCUT2D eigenvalue weighted by molar-refractivity contribution is 5.53. The Morgan fingerprint density at radius 2 is 1.90 bits per heavy atom. The van der Waals surface area contributed by atoms with E-state index in [1.807, 2.05) is 6.07 Å². The number of para-hydroxylation sites is 1. The number of aryl methyl sites for hydroxylation is 1. The van der Waals surface area contributed by atoms with Crippen LogP contribution in [0.2, 0.25) is 0 Å². The molecule has 20 heavy (non-hydrogen) atoms. The van der Waals surface area contributed by atoms with Gasteiger partial charge in [0, 0.05) is 11.7 Å². The number of benzene rings is 2. The summed E-state index contributed by atoms with van der Waals surface area (Å²) in [6.07, 6.45) is 1.02. The first kappa shape index (κ1) is 12.9. The first-order valence-electron chi connectivity index (χ1n) is 7.02. The zero-order valence-corrected chi connectivity index (χ0v) is 11.8. The van der Waals surface area contributed by atoms with Gasteiger partial charge in [-0.05, 0) is 42.7 Å². The third-order valence-electron chi connectivity index (χ3n) is 3.67. The minimum absolute atomic E-state index is 0.220. The minimum Gasteiger partial charge on any atom is -0.454 e. The molecule has 1 atom stereocenters. The van der Waals surface area contributed by atoms with Gasteiger partial charge >= 0.3 is 0 Å². The fourth-order valence-electron chi connectivity index (χ4n) is 2.47. The maximum Gasteiger partial charge on any atom is 0.231 e. The molecule has 0 saturated carbocycles. The summed E-state index contributed by atoms with van der Waals surface area (Å²) in [6.45, 7) is 4.65. The summed E-state index contributed by atoms with van der Waals surface area (Å²) in [7, 11) is 0. The van der Waals surface area contributed by atoms with Gasteiger partial charge < -0.3 is 14.8 Å². The number of anilines is 1. The van der Waals surface area contributed by atoms with E-state index in [-0.39, 0.29) is 6.04 Å². The molecule has 1 N–H and O–H groups in total. The molecule has 3 heteroatoms. The summed E-state index contributed by atoms with van der Waals surface area (Å²) in [5, 5.41) is 3.57. The minimum atomic E-state index is 0.220. The van der Waals surface area contributed by atoms with E-state index in [0.29, 0.717) is 6.79 Å². The molecule has 0 spiro atoms. The third-order valence-corrected chi connectivity index (χ3v) is 3.67. The first-order chi connectivity index (χ1) is 9.78. The Morgan fingerprint density at radius 1 is 1.10 bits per heavy atom. The van der Waals surface area contributed by atoms with Crippen LogP contribution in [0.15, 0.2) is 42.5 Å². The maximum absolute atomic E-state index is 5.43. The molecule has 3 rings (SSSR count). The van der Waals surface area contributed by atoms with E-state index in [4.69, 9.17) is 9.47 Å². The van der Waals surface area contributed by atoms with Gasteiger partial charge in [-0.25, -0.2) is 0 Å². The smallest absolute Gasteiger partial charge is 0.231 e. The zero-order valence-electron chi connectivity index (χ0n) is 11.8. The lowest BCUT2D eigenvalue weighted by molar-refractivity contribution is 0.174. The molecule has 2 aromatic rings. The fraction of sp³-hybridized carbons (Fsp3) is 0.294. The van der Waals surface area contributed by atoms with Crippen molar-refractivity contribution >= 4 is 5.69 Å². The van der Waals surface area contributed by atoms with Crippen LogP contribution in [0.4, 0.5) is 5.69 Å². The summed E-state index contributed by atoms with van der Waals surface area (Å²) in [6, 6.07) is 14.8. The van der Waals surface area contributed by atoms with Crippen molar-refractivity contribution in [2.24, 2.45) is 0 Å². The highest BCUT2D eigenvalue weighted by Gasteiger charge is 2.16. The topological polar surface area (TPSA) is 30.5 Å². The van der Waals surface area contributed by atoms with Crippen LogP contribution in [-0.4, -0.2) is 6.79 Å². The number of hydrogen-bond acceptors (Lipinski definition) is 3. The van der Waals surface area contributed by atoms with Gasteiger partial charge in [-0.3, -0.25) is 0 Å². The second kappa shape index (κ2) is 5.45. The van der Waals surface area contributed by atoms with E-state index in [0.717, 1.165) is 17.9 Å². The molecule has 104 valence electrons. The van der Waals surface area contributed by atoms with Gasteiger partial charge in [0.1, 0.15) is 0 Å². The number of ether oxygens (including phenoxy) is 2. The highest BCUT2D eigenvalue weighted by Crippen LogP contribution is 2.35. The monoisotopic (exact) mass is 269 g/mol. The molecular formula is C17H19NO2. The van der Waals surface area contributed by atoms with Crippen LogP contribution in [-0.2, 0) is 6.42 Å². The molecule has 2 aromatic carbocycles. The molecule has 1 aliphatic heterocycles. The Morgan fingerprint density at radius 3 is 2.75 bits per heavy atom. The summed E-state index contributed by atoms with van der Waals surface area (Å²) in [5.41, 5.74) is 3.72. The van der Waals surface area contributed by atoms with Gasteiger partial charge in [0.05, 0.1) is 0 Å². The van der Waals surface area contributed by atoms with Crippen molar-refractivity contribution in [3.63, 3.8) is 0 Å². The second-order valence-electron chi connectivity index (χ2n) is 4.99. The van der Waals surface area contributed by atoms with Crippen LogP contribution in [0.25, 0.3) is 0 Å². The Labute approximate surface area is 119 Å². The molecule has 0 amide bonds. The van der Waals surface area contributed by atoms with Crippen LogP contribution >= 0.6 is 0 Å². The lowest BCUT2D eigenvalue weighted by Crippen LogP contribution is -2.08. The average Bonchev–Trinajstić information content (AvgIpc) is 2.95. The Balaban J connectivity index is 1.81. The quantitative estimate of drug-likeness (QED) is 0.904. The third kappa shape index (κ3) is 2.44. The predicted molar refractivity (Wildman–Crippen MR) is 80.4 cm³/mol. The van der Waals surface area contributed by atoms with E-state index >= 15 is 0 Å². The molecule has 0 fully saturated rings. The van der Waals surface area contributed by atoms with Gasteiger partial charge in [-0.15, -0.1) is 0 Å². The van der Waals surface area contributed by atoms with Crippen molar-refractivity contribution in [1.82, 2.24) is 0 Å². The highest BCUT2D eigenvalue weighted by atomic mass is 16.7. The van der Waals surface area contributed by atoms with Gasteiger partial charge in [-0.2, -0.15) is 0 Å². The summed E-state index contributed by atoms with van der Waals surface area (Å²) >= 11 is 0. The molecular weight excluding hydrogens is 250 g/mol. The van der Waals surface area contributed by atoms with Crippen molar-refractivity contribution in [1.29, 1.82) is 0 Å². The van der Waals surface area contributed by atoms with Crippen LogP contribution in [0.3, 0.4) is 0 Å². The van der Waals surface area contributed by atoms with Crippen LogP contribution in [0.1, 0.15) is 31.0 Å². The van der Waals surface area contributed by atoms with Crippen molar-refractivity contribution in [3.05, 3.63) is 53.6 Å². The van der Waals surface area contributed by atoms with Gasteiger partial charge in [0.15, 0.2) is 11.5 Å². The van der Waals surface area contributed by atoms with E-state index in [1.54, 1.807) is 0 Å². The maximum atomic E-state index is 5.43. The fourth-order valence-corrected chi connectivity index (χ4v) is 2.47.